The standard InChI is InChI=1S/C24H28N6O6/c1-33-23(31)21-15-17(25-27-29-7-11-35-12-8-29)3-5-19(21)20-6-4-18(16-22(20)24(32)34-2)26-28-30-9-13-36-14-10-30/h3-6,15-16H,7-14H2,1-2H3. The summed E-state index contributed by atoms with van der Waals surface area (Å²) in [5, 5.41) is 20.6. The summed E-state index contributed by atoms with van der Waals surface area (Å²) in [6.07, 6.45) is 0. The minimum Gasteiger partial charge on any atom is -0.465 e. The second-order valence-electron chi connectivity index (χ2n) is 7.95. The molecule has 12 heteroatoms. The highest BCUT2D eigenvalue weighted by Gasteiger charge is 2.21. The number of hydrogen-bond acceptors (Lipinski definition) is 10. The maximum Gasteiger partial charge on any atom is 0.338 e. The molecule has 2 aromatic rings. The third-order valence-electron chi connectivity index (χ3n) is 5.66. The fourth-order valence-electron chi connectivity index (χ4n) is 3.73. The van der Waals surface area contributed by atoms with Crippen molar-refractivity contribution in [1.82, 2.24) is 10.0 Å². The highest BCUT2D eigenvalue weighted by molar-refractivity contribution is 6.04. The van der Waals surface area contributed by atoms with Gasteiger partial charge in [0.05, 0.1) is 89.3 Å². The van der Waals surface area contributed by atoms with Gasteiger partial charge in [0.2, 0.25) is 0 Å². The van der Waals surface area contributed by atoms with Gasteiger partial charge in [-0.15, -0.1) is 10.2 Å². The molecule has 2 aromatic carbocycles. The Labute approximate surface area is 208 Å². The monoisotopic (exact) mass is 496 g/mol. The van der Waals surface area contributed by atoms with Gasteiger partial charge >= 0.3 is 11.9 Å². The van der Waals surface area contributed by atoms with Crippen molar-refractivity contribution in [3.05, 3.63) is 47.5 Å². The molecule has 0 aliphatic carbocycles. The van der Waals surface area contributed by atoms with Crippen molar-refractivity contribution in [3.8, 4) is 11.1 Å². The van der Waals surface area contributed by atoms with Crippen molar-refractivity contribution in [2.45, 2.75) is 0 Å². The molecule has 2 heterocycles. The zero-order valence-corrected chi connectivity index (χ0v) is 20.3. The van der Waals surface area contributed by atoms with E-state index >= 15 is 0 Å². The number of carbonyl (C=O) groups excluding carboxylic acids is 2. The fraction of sp³-hybridized carbons (Fsp3) is 0.417. The first-order chi connectivity index (χ1) is 17.6. The van der Waals surface area contributed by atoms with Gasteiger partial charge in [-0.25, -0.2) is 9.59 Å². The number of carbonyl (C=O) groups is 2. The first kappa shape index (κ1) is 25.2. The Morgan fingerprint density at radius 1 is 0.694 bits per heavy atom. The van der Waals surface area contributed by atoms with Gasteiger partial charge in [-0.1, -0.05) is 22.6 Å². The van der Waals surface area contributed by atoms with Crippen LogP contribution in [0.2, 0.25) is 0 Å². The van der Waals surface area contributed by atoms with E-state index in [1.807, 2.05) is 0 Å². The lowest BCUT2D eigenvalue weighted by atomic mass is 9.94. The third-order valence-corrected chi connectivity index (χ3v) is 5.66. The Morgan fingerprint density at radius 2 is 1.08 bits per heavy atom. The van der Waals surface area contributed by atoms with Crippen molar-refractivity contribution in [3.63, 3.8) is 0 Å². The fourth-order valence-corrected chi connectivity index (χ4v) is 3.73. The summed E-state index contributed by atoms with van der Waals surface area (Å²) >= 11 is 0. The van der Waals surface area contributed by atoms with Crippen molar-refractivity contribution < 1.29 is 28.5 Å². The molecule has 0 bridgehead atoms. The molecule has 0 amide bonds. The average Bonchev–Trinajstić information content (AvgIpc) is 2.95. The van der Waals surface area contributed by atoms with Crippen molar-refractivity contribution in [2.24, 2.45) is 20.7 Å². The topological polar surface area (TPSA) is 127 Å². The largest absolute Gasteiger partial charge is 0.465 e. The normalized spacial score (nSPS) is 16.5. The van der Waals surface area contributed by atoms with Crippen LogP contribution in [0, 0.1) is 0 Å². The van der Waals surface area contributed by atoms with Gasteiger partial charge in [0.15, 0.2) is 0 Å². The quantitative estimate of drug-likeness (QED) is 0.420. The molecule has 12 nitrogen and oxygen atoms in total. The van der Waals surface area contributed by atoms with Crippen molar-refractivity contribution in [1.29, 1.82) is 0 Å². The highest BCUT2D eigenvalue weighted by atomic mass is 16.5. The molecular formula is C24H28N6O6. The molecule has 190 valence electrons. The van der Waals surface area contributed by atoms with Gasteiger partial charge in [0.1, 0.15) is 0 Å². The summed E-state index contributed by atoms with van der Waals surface area (Å²) in [5.41, 5.74) is 2.41. The van der Waals surface area contributed by atoms with Crippen LogP contribution in [0.25, 0.3) is 11.1 Å². The van der Waals surface area contributed by atoms with E-state index in [4.69, 9.17) is 18.9 Å². The van der Waals surface area contributed by atoms with Crippen LogP contribution in [0.1, 0.15) is 20.7 Å². The van der Waals surface area contributed by atoms with Crippen LogP contribution in [0.4, 0.5) is 11.4 Å². The molecule has 2 aliphatic rings. The summed E-state index contributed by atoms with van der Waals surface area (Å²) in [4.78, 5) is 25.3. The minimum absolute atomic E-state index is 0.240. The van der Waals surface area contributed by atoms with E-state index in [1.54, 1.807) is 46.4 Å². The molecule has 36 heavy (non-hydrogen) atoms. The smallest absolute Gasteiger partial charge is 0.338 e. The number of nitrogens with zero attached hydrogens (tertiary/aromatic N) is 6. The first-order valence-electron chi connectivity index (χ1n) is 11.5. The van der Waals surface area contributed by atoms with Gasteiger partial charge in [-0.3, -0.25) is 10.0 Å². The first-order valence-corrected chi connectivity index (χ1v) is 11.5. The van der Waals surface area contributed by atoms with Crippen LogP contribution in [0.15, 0.2) is 57.1 Å². The van der Waals surface area contributed by atoms with E-state index in [1.165, 1.54) is 14.2 Å². The Balaban J connectivity index is 1.67. The third kappa shape index (κ3) is 6.20. The molecule has 2 saturated heterocycles. The predicted molar refractivity (Wildman–Crippen MR) is 128 cm³/mol. The molecule has 0 radical (unpaired) electrons. The van der Waals surface area contributed by atoms with Crippen LogP contribution in [-0.4, -0.2) is 88.8 Å². The van der Waals surface area contributed by atoms with Crippen LogP contribution in [0.3, 0.4) is 0 Å². The lowest BCUT2D eigenvalue weighted by molar-refractivity contribution is 0.0353. The number of rotatable bonds is 7. The summed E-state index contributed by atoms with van der Waals surface area (Å²) in [5.74, 6) is -1.14. The van der Waals surface area contributed by atoms with Crippen molar-refractivity contribution in [2.75, 3.05) is 66.8 Å². The van der Waals surface area contributed by atoms with Crippen LogP contribution in [-0.2, 0) is 18.9 Å². The summed E-state index contributed by atoms with van der Waals surface area (Å²) in [6, 6.07) is 10.0. The van der Waals surface area contributed by atoms with E-state index in [9.17, 15) is 9.59 Å². The maximum atomic E-state index is 12.7. The number of ether oxygens (including phenoxy) is 4. The van der Waals surface area contributed by atoms with E-state index in [0.29, 0.717) is 75.1 Å². The number of esters is 2. The summed E-state index contributed by atoms with van der Waals surface area (Å²) in [6.45, 7) is 4.92. The summed E-state index contributed by atoms with van der Waals surface area (Å²) < 4.78 is 20.6. The SMILES string of the molecule is COC(=O)c1cc(N=NN2CCOCC2)ccc1-c1ccc(N=NN2CCOCC2)cc1C(=O)OC. The van der Waals surface area contributed by atoms with Gasteiger partial charge in [-0.05, 0) is 35.4 Å². The molecule has 4 rings (SSSR count). The Bertz CT molecular complexity index is 1050. The van der Waals surface area contributed by atoms with E-state index in [0.717, 1.165) is 0 Å². The second-order valence-corrected chi connectivity index (χ2v) is 7.95. The molecule has 2 fully saturated rings. The van der Waals surface area contributed by atoms with E-state index in [2.05, 4.69) is 20.7 Å². The zero-order chi connectivity index (χ0) is 25.3. The van der Waals surface area contributed by atoms with E-state index < -0.39 is 11.9 Å². The van der Waals surface area contributed by atoms with Gasteiger partial charge < -0.3 is 18.9 Å². The van der Waals surface area contributed by atoms with Crippen LogP contribution < -0.4 is 0 Å². The minimum atomic E-state index is -0.569. The molecule has 0 saturated carbocycles. The molecule has 0 spiro atoms. The molecule has 2 aliphatic heterocycles. The van der Waals surface area contributed by atoms with Crippen LogP contribution in [0.5, 0.6) is 0 Å². The maximum absolute atomic E-state index is 12.7. The molecule has 0 N–H and O–H groups in total. The average molecular weight is 497 g/mol. The van der Waals surface area contributed by atoms with Crippen molar-refractivity contribution >= 4 is 23.3 Å². The summed E-state index contributed by atoms with van der Waals surface area (Å²) in [7, 11) is 2.59. The molecule has 0 aromatic heterocycles. The number of methoxy groups -OCH3 is 2. The number of morpholine rings is 2. The van der Waals surface area contributed by atoms with Gasteiger partial charge in [-0.2, -0.15) is 0 Å². The number of benzene rings is 2. The van der Waals surface area contributed by atoms with Crippen LogP contribution >= 0.6 is 0 Å². The highest BCUT2D eigenvalue weighted by Crippen LogP contribution is 2.33. The molecule has 0 unspecified atom stereocenters. The molecular weight excluding hydrogens is 468 g/mol. The predicted octanol–water partition coefficient (Wildman–Crippen LogP) is 3.59. The lowest BCUT2D eigenvalue weighted by Crippen LogP contribution is -2.31. The number of hydrogen-bond donors (Lipinski definition) is 0. The second kappa shape index (κ2) is 12.2. The van der Waals surface area contributed by atoms with Gasteiger partial charge in [0.25, 0.3) is 0 Å². The van der Waals surface area contributed by atoms with E-state index in [-0.39, 0.29) is 11.1 Å². The zero-order valence-electron chi connectivity index (χ0n) is 20.3. The lowest BCUT2D eigenvalue weighted by Gasteiger charge is -2.22. The Hall–Kier alpha value is -3.90. The Morgan fingerprint density at radius 3 is 1.44 bits per heavy atom. The Kier molecular flexibility index (Phi) is 8.53. The van der Waals surface area contributed by atoms with Gasteiger partial charge in [0, 0.05) is 0 Å². The molecule has 0 atom stereocenters.